The zero-order valence-electron chi connectivity index (χ0n) is 14.1. The molecule has 1 N–H and O–H groups in total. The van der Waals surface area contributed by atoms with E-state index < -0.39 is 5.91 Å². The molecule has 1 amide bonds. The van der Waals surface area contributed by atoms with E-state index in [0.717, 1.165) is 0 Å². The van der Waals surface area contributed by atoms with E-state index in [4.69, 9.17) is 0 Å². The fraction of sp³-hybridized carbons (Fsp3) is 0.0588. The lowest BCUT2D eigenvalue weighted by atomic mass is 10.2. The molecule has 4 aromatic rings. The van der Waals surface area contributed by atoms with Gasteiger partial charge in [-0.25, -0.2) is 23.7 Å². The maximum Gasteiger partial charge on any atom is 0.278 e. The third-order valence-corrected chi connectivity index (χ3v) is 3.84. The molecule has 0 spiro atoms. The number of halogens is 1. The summed E-state index contributed by atoms with van der Waals surface area (Å²) < 4.78 is 16.0. The number of carbonyl (C=O) groups is 1. The highest BCUT2D eigenvalue weighted by Crippen LogP contribution is 2.15. The van der Waals surface area contributed by atoms with E-state index in [0.29, 0.717) is 22.9 Å². The van der Waals surface area contributed by atoms with Crippen molar-refractivity contribution in [2.75, 3.05) is 5.32 Å². The van der Waals surface area contributed by atoms with Crippen molar-refractivity contribution in [2.45, 2.75) is 6.92 Å². The Bertz CT molecular complexity index is 1070. The van der Waals surface area contributed by atoms with Gasteiger partial charge in [0.2, 0.25) is 0 Å². The number of aromatic nitrogens is 7. The second-order valence-corrected chi connectivity index (χ2v) is 5.61. The highest BCUT2D eigenvalue weighted by molar-refractivity contribution is 6.03. The van der Waals surface area contributed by atoms with Gasteiger partial charge in [-0.05, 0) is 43.3 Å². The van der Waals surface area contributed by atoms with Crippen molar-refractivity contribution in [2.24, 2.45) is 0 Å². The van der Waals surface area contributed by atoms with Crippen LogP contribution in [0, 0.1) is 12.7 Å². The van der Waals surface area contributed by atoms with Crippen molar-refractivity contribution in [3.05, 3.63) is 72.5 Å². The summed E-state index contributed by atoms with van der Waals surface area (Å²) in [6.45, 7) is 1.71. The Morgan fingerprint density at radius 2 is 1.96 bits per heavy atom. The van der Waals surface area contributed by atoms with Crippen LogP contribution in [0.15, 0.2) is 55.2 Å². The summed E-state index contributed by atoms with van der Waals surface area (Å²) in [5.41, 5.74) is 1.81. The minimum Gasteiger partial charge on any atom is -0.319 e. The van der Waals surface area contributed by atoms with Crippen LogP contribution < -0.4 is 5.32 Å². The highest BCUT2D eigenvalue weighted by atomic mass is 19.1. The number of nitrogens with one attached hydrogen (secondary N) is 1. The van der Waals surface area contributed by atoms with Gasteiger partial charge in [-0.3, -0.25) is 4.79 Å². The second kappa shape index (κ2) is 6.75. The van der Waals surface area contributed by atoms with Gasteiger partial charge in [0.15, 0.2) is 11.5 Å². The Morgan fingerprint density at radius 3 is 2.63 bits per heavy atom. The number of anilines is 1. The fourth-order valence-electron chi connectivity index (χ4n) is 2.48. The second-order valence-electron chi connectivity index (χ2n) is 5.61. The summed E-state index contributed by atoms with van der Waals surface area (Å²) in [4.78, 5) is 20.6. The molecule has 0 aliphatic carbocycles. The first kappa shape index (κ1) is 16.5. The summed E-state index contributed by atoms with van der Waals surface area (Å²) >= 11 is 0. The molecule has 0 aliphatic heterocycles. The summed E-state index contributed by atoms with van der Waals surface area (Å²) in [5, 5.41) is 14.6. The molecule has 9 nitrogen and oxygen atoms in total. The van der Waals surface area contributed by atoms with Crippen molar-refractivity contribution in [3.63, 3.8) is 0 Å². The molecule has 0 radical (unpaired) electrons. The van der Waals surface area contributed by atoms with Gasteiger partial charge >= 0.3 is 0 Å². The van der Waals surface area contributed by atoms with Gasteiger partial charge in [-0.1, -0.05) is 5.21 Å². The zero-order chi connectivity index (χ0) is 18.8. The minimum absolute atomic E-state index is 0.166. The number of hydrogen-bond donors (Lipinski definition) is 1. The van der Waals surface area contributed by atoms with Crippen LogP contribution in [-0.4, -0.2) is 40.6 Å². The molecule has 134 valence electrons. The summed E-state index contributed by atoms with van der Waals surface area (Å²) in [6.07, 6.45) is 4.44. The van der Waals surface area contributed by atoms with Crippen molar-refractivity contribution in [3.8, 4) is 11.5 Å². The van der Waals surface area contributed by atoms with Crippen LogP contribution in [-0.2, 0) is 0 Å². The van der Waals surface area contributed by atoms with E-state index in [9.17, 15) is 9.18 Å². The lowest BCUT2D eigenvalue weighted by Crippen LogP contribution is -2.14. The van der Waals surface area contributed by atoms with E-state index in [1.807, 2.05) is 0 Å². The topological polar surface area (TPSA) is 103 Å². The normalized spacial score (nSPS) is 10.7. The molecule has 0 fully saturated rings. The Hall–Kier alpha value is -3.95. The van der Waals surface area contributed by atoms with Crippen LogP contribution >= 0.6 is 0 Å². The Balaban J connectivity index is 1.52. The van der Waals surface area contributed by atoms with E-state index in [-0.39, 0.29) is 11.5 Å². The van der Waals surface area contributed by atoms with Crippen LogP contribution in [0.2, 0.25) is 0 Å². The minimum atomic E-state index is -0.420. The molecule has 0 saturated heterocycles. The van der Waals surface area contributed by atoms with Gasteiger partial charge in [0.25, 0.3) is 5.91 Å². The number of amides is 1. The molecule has 3 heterocycles. The molecule has 0 aliphatic rings. The first-order valence-corrected chi connectivity index (χ1v) is 7.92. The first-order valence-electron chi connectivity index (χ1n) is 7.92. The van der Waals surface area contributed by atoms with Gasteiger partial charge in [0, 0.05) is 0 Å². The van der Waals surface area contributed by atoms with Crippen LogP contribution in [0.25, 0.3) is 11.5 Å². The summed E-state index contributed by atoms with van der Waals surface area (Å²) in [6, 6.07) is 9.15. The van der Waals surface area contributed by atoms with E-state index in [2.05, 4.69) is 30.7 Å². The van der Waals surface area contributed by atoms with Gasteiger partial charge in [-0.2, -0.15) is 5.10 Å². The standard InChI is InChI=1S/C17H13FN8O/c1-11-16(23-24-26(11)14-5-2-12(18)3-6-14)17(27)22-13-4-7-15(20-8-13)25-10-19-9-21-25/h2-10H,1H3,(H,22,27). The Kier molecular flexibility index (Phi) is 4.13. The lowest BCUT2D eigenvalue weighted by molar-refractivity contribution is 0.102. The van der Waals surface area contributed by atoms with Gasteiger partial charge in [0.1, 0.15) is 18.5 Å². The maximum atomic E-state index is 13.1. The predicted octanol–water partition coefficient (Wildman–Crippen LogP) is 1.94. The molecule has 0 saturated carbocycles. The molecule has 27 heavy (non-hydrogen) atoms. The monoisotopic (exact) mass is 364 g/mol. The number of carbonyl (C=O) groups excluding carboxylic acids is 1. The number of rotatable bonds is 4. The van der Waals surface area contributed by atoms with Gasteiger partial charge in [0.05, 0.1) is 23.3 Å². The zero-order valence-corrected chi connectivity index (χ0v) is 14.1. The van der Waals surface area contributed by atoms with Crippen LogP contribution in [0.1, 0.15) is 16.2 Å². The molecular formula is C17H13FN8O. The van der Waals surface area contributed by atoms with E-state index in [1.54, 1.807) is 31.2 Å². The molecule has 10 heteroatoms. The lowest BCUT2D eigenvalue weighted by Gasteiger charge is -2.06. The Labute approximate surface area is 152 Å². The van der Waals surface area contributed by atoms with E-state index >= 15 is 0 Å². The number of hydrogen-bond acceptors (Lipinski definition) is 6. The fourth-order valence-corrected chi connectivity index (χ4v) is 2.48. The number of pyridine rings is 1. The van der Waals surface area contributed by atoms with E-state index in [1.165, 1.54) is 40.3 Å². The van der Waals surface area contributed by atoms with Crippen molar-refractivity contribution >= 4 is 11.6 Å². The smallest absolute Gasteiger partial charge is 0.278 e. The van der Waals surface area contributed by atoms with Crippen LogP contribution in [0.5, 0.6) is 0 Å². The molecule has 1 aromatic carbocycles. The highest BCUT2D eigenvalue weighted by Gasteiger charge is 2.17. The largest absolute Gasteiger partial charge is 0.319 e. The molecular weight excluding hydrogens is 351 g/mol. The van der Waals surface area contributed by atoms with Gasteiger partial charge in [-0.15, -0.1) is 5.10 Å². The number of nitrogens with zero attached hydrogens (tertiary/aromatic N) is 7. The molecule has 0 bridgehead atoms. The molecule has 0 unspecified atom stereocenters. The average Bonchev–Trinajstić information content (AvgIpc) is 3.33. The van der Waals surface area contributed by atoms with Crippen molar-refractivity contribution in [1.82, 2.24) is 34.7 Å². The van der Waals surface area contributed by atoms with Gasteiger partial charge < -0.3 is 5.32 Å². The Morgan fingerprint density at radius 1 is 1.15 bits per heavy atom. The first-order chi connectivity index (χ1) is 13.1. The van der Waals surface area contributed by atoms with Crippen molar-refractivity contribution in [1.29, 1.82) is 0 Å². The SMILES string of the molecule is Cc1c(C(=O)Nc2ccc(-n3cncn3)nc2)nnn1-c1ccc(F)cc1. The van der Waals surface area contributed by atoms with Crippen molar-refractivity contribution < 1.29 is 9.18 Å². The third kappa shape index (κ3) is 3.27. The summed E-state index contributed by atoms with van der Waals surface area (Å²) in [5.74, 6) is -0.198. The predicted molar refractivity (Wildman–Crippen MR) is 93.2 cm³/mol. The molecule has 0 atom stereocenters. The summed E-state index contributed by atoms with van der Waals surface area (Å²) in [7, 11) is 0. The molecule has 4 rings (SSSR count). The number of benzene rings is 1. The quantitative estimate of drug-likeness (QED) is 0.594. The van der Waals surface area contributed by atoms with Crippen LogP contribution in [0.3, 0.4) is 0 Å². The maximum absolute atomic E-state index is 13.1. The third-order valence-electron chi connectivity index (χ3n) is 3.84. The van der Waals surface area contributed by atoms with Crippen LogP contribution in [0.4, 0.5) is 10.1 Å². The molecule has 3 aromatic heterocycles. The average molecular weight is 364 g/mol.